The highest BCUT2D eigenvalue weighted by Gasteiger charge is 2.03. The van der Waals surface area contributed by atoms with Crippen LogP contribution in [0.3, 0.4) is 0 Å². The lowest BCUT2D eigenvalue weighted by Crippen LogP contribution is -2.12. The molecule has 0 heterocycles. The summed E-state index contributed by atoms with van der Waals surface area (Å²) >= 11 is 4.62. The van der Waals surface area contributed by atoms with Crippen molar-refractivity contribution >= 4 is 45.7 Å². The Morgan fingerprint density at radius 2 is 2.00 bits per heavy atom. The first-order chi connectivity index (χ1) is 3.68. The van der Waals surface area contributed by atoms with Crippen LogP contribution >= 0.6 is 45.7 Å². The molecule has 0 saturated heterocycles. The number of nitrogens with zero attached hydrogens (tertiary/aromatic N) is 1. The van der Waals surface area contributed by atoms with Crippen LogP contribution in [0.4, 0.5) is 0 Å². The van der Waals surface area contributed by atoms with Crippen LogP contribution < -0.4 is 0 Å². The quantitative estimate of drug-likeness (QED) is 0.564. The van der Waals surface area contributed by atoms with Gasteiger partial charge in [-0.3, -0.25) is 0 Å². The van der Waals surface area contributed by atoms with Crippen molar-refractivity contribution in [1.29, 1.82) is 0 Å². The highest BCUT2D eigenvalue weighted by molar-refractivity contribution is 14.2. The third-order valence-corrected chi connectivity index (χ3v) is 2.94. The predicted molar refractivity (Wildman–Crippen MR) is 54.2 cm³/mol. The summed E-state index contributed by atoms with van der Waals surface area (Å²) in [5.41, 5.74) is 0. The minimum absolute atomic E-state index is 0.723. The molecule has 0 amide bonds. The van der Waals surface area contributed by atoms with E-state index in [-0.39, 0.29) is 0 Å². The van der Waals surface area contributed by atoms with Crippen LogP contribution in [0.5, 0.6) is 0 Å². The second-order valence-electron chi connectivity index (χ2n) is 1.90. The van der Waals surface area contributed by atoms with Gasteiger partial charge in [0.25, 0.3) is 0 Å². The number of hydrogen-bond donors (Lipinski definition) is 0. The lowest BCUT2D eigenvalue weighted by molar-refractivity contribution is 0.550. The summed E-state index contributed by atoms with van der Waals surface area (Å²) in [4.78, 5) is 0. The van der Waals surface area contributed by atoms with E-state index >= 15 is 0 Å². The van der Waals surface area contributed by atoms with Crippen molar-refractivity contribution < 1.29 is 0 Å². The largest absolute Gasteiger partial charge is 0.186 e. The van der Waals surface area contributed by atoms with Crippen molar-refractivity contribution in [3.8, 4) is 0 Å². The van der Waals surface area contributed by atoms with Crippen molar-refractivity contribution in [3.05, 3.63) is 0 Å². The summed E-state index contributed by atoms with van der Waals surface area (Å²) in [5, 5.41) is 0. The molecule has 1 nitrogen and oxygen atoms in total. The first kappa shape index (κ1) is 9.42. The average Bonchev–Trinajstić information content (AvgIpc) is 1.67. The first-order valence-corrected chi connectivity index (χ1v) is 4.72. The van der Waals surface area contributed by atoms with Gasteiger partial charge >= 0.3 is 0 Å². The predicted octanol–water partition coefficient (Wildman–Crippen LogP) is 3.18. The third kappa shape index (κ3) is 4.31. The Morgan fingerprint density at radius 1 is 1.50 bits per heavy atom. The molecule has 0 bridgehead atoms. The van der Waals surface area contributed by atoms with Crippen LogP contribution in [0.2, 0.25) is 0 Å². The van der Waals surface area contributed by atoms with Gasteiger partial charge in [0.05, 0.1) is 0 Å². The highest BCUT2D eigenvalue weighted by Crippen LogP contribution is 2.16. The minimum Gasteiger partial charge on any atom is -0.186 e. The second-order valence-corrected chi connectivity index (χ2v) is 5.82. The number of halogens is 2. The van der Waals surface area contributed by atoms with E-state index in [0.29, 0.717) is 0 Å². The summed E-state index contributed by atoms with van der Waals surface area (Å²) in [5.74, 6) is 0. The van der Waals surface area contributed by atoms with E-state index in [0.717, 1.165) is 6.04 Å². The number of rotatable bonds is 3. The van der Waals surface area contributed by atoms with E-state index < -0.39 is 0 Å². The molecule has 0 N–H and O–H groups in total. The topological polar surface area (TPSA) is 3.24 Å². The molecule has 1 unspecified atom stereocenters. The summed E-state index contributed by atoms with van der Waals surface area (Å²) < 4.78 is 2.19. The Morgan fingerprint density at radius 3 is 2.12 bits per heavy atom. The molecule has 0 saturated carbocycles. The van der Waals surface area contributed by atoms with E-state index in [1.165, 1.54) is 12.8 Å². The van der Waals surface area contributed by atoms with Gasteiger partial charge in [-0.2, -0.15) is 1.33 Å². The van der Waals surface area contributed by atoms with Crippen LogP contribution in [0.1, 0.15) is 26.7 Å². The lowest BCUT2D eigenvalue weighted by Gasteiger charge is -2.13. The average molecular weight is 339 g/mol. The molecule has 0 spiro atoms. The molecule has 8 heavy (non-hydrogen) atoms. The van der Waals surface area contributed by atoms with E-state index in [1.54, 1.807) is 0 Å². The van der Waals surface area contributed by atoms with E-state index in [4.69, 9.17) is 0 Å². The van der Waals surface area contributed by atoms with Crippen molar-refractivity contribution in [1.82, 2.24) is 1.33 Å². The summed E-state index contributed by atoms with van der Waals surface area (Å²) in [6, 6.07) is 0.723. The fourth-order valence-corrected chi connectivity index (χ4v) is 1.07. The maximum absolute atomic E-state index is 2.31. The van der Waals surface area contributed by atoms with Gasteiger partial charge in [-0.15, -0.1) is 0 Å². The Bertz CT molecular complexity index is 56.4. The second kappa shape index (κ2) is 5.22. The monoisotopic (exact) mass is 339 g/mol. The zero-order valence-corrected chi connectivity index (χ0v) is 9.51. The number of hydrogen-bond acceptors (Lipinski definition) is 1. The summed E-state index contributed by atoms with van der Waals surface area (Å²) in [7, 11) is 0. The summed E-state index contributed by atoms with van der Waals surface area (Å²) in [6.07, 6.45) is 2.58. The first-order valence-electron chi connectivity index (χ1n) is 2.79. The van der Waals surface area contributed by atoms with Gasteiger partial charge in [0.1, 0.15) is 0 Å². The molecule has 0 rings (SSSR count). The zero-order chi connectivity index (χ0) is 6.57. The maximum atomic E-state index is 2.31. The molecule has 0 fully saturated rings. The van der Waals surface area contributed by atoms with Crippen LogP contribution in [-0.2, 0) is 0 Å². The molecule has 3 heteroatoms. The van der Waals surface area contributed by atoms with Crippen LogP contribution in [-0.4, -0.2) is 7.37 Å². The van der Waals surface area contributed by atoms with Crippen molar-refractivity contribution in [2.45, 2.75) is 32.7 Å². The molecule has 0 aromatic heterocycles. The van der Waals surface area contributed by atoms with Gasteiger partial charge in [-0.05, 0) is 13.3 Å². The molecule has 0 aliphatic rings. The normalized spacial score (nSPS) is 14.6. The van der Waals surface area contributed by atoms with E-state index in [1.807, 2.05) is 0 Å². The summed E-state index contributed by atoms with van der Waals surface area (Å²) in [6.45, 7) is 4.45. The molecular weight excluding hydrogens is 328 g/mol. The molecule has 1 atom stereocenters. The fourth-order valence-electron chi connectivity index (χ4n) is 0.515. The van der Waals surface area contributed by atoms with E-state index in [9.17, 15) is 0 Å². The smallest absolute Gasteiger partial charge is 0.0311 e. The van der Waals surface area contributed by atoms with E-state index in [2.05, 4.69) is 60.9 Å². The Kier molecular flexibility index (Phi) is 6.15. The molecule has 50 valence electrons. The van der Waals surface area contributed by atoms with Gasteiger partial charge in [0.2, 0.25) is 0 Å². The van der Waals surface area contributed by atoms with Crippen molar-refractivity contribution in [2.75, 3.05) is 0 Å². The Hall–Kier alpha value is 1.42. The van der Waals surface area contributed by atoms with Crippen molar-refractivity contribution in [3.63, 3.8) is 0 Å². The van der Waals surface area contributed by atoms with Gasteiger partial charge < -0.3 is 0 Å². The Labute approximate surface area is 79.2 Å². The van der Waals surface area contributed by atoms with Gasteiger partial charge in [-0.25, -0.2) is 0 Å². The third-order valence-electron chi connectivity index (χ3n) is 1.04. The SMILES string of the molecule is CCCC(C)N(I)I. The van der Waals surface area contributed by atoms with Crippen molar-refractivity contribution in [2.24, 2.45) is 0 Å². The molecule has 0 aliphatic heterocycles. The molecule has 0 aromatic rings. The van der Waals surface area contributed by atoms with Crippen LogP contribution in [0.25, 0.3) is 0 Å². The highest BCUT2D eigenvalue weighted by atomic mass is 127. The van der Waals surface area contributed by atoms with Gasteiger partial charge in [-0.1, -0.05) is 13.3 Å². The molecular formula is C5H11I2N. The zero-order valence-electron chi connectivity index (χ0n) is 5.19. The Balaban J connectivity index is 3.17. The minimum atomic E-state index is 0.723. The van der Waals surface area contributed by atoms with Gasteiger partial charge in [0.15, 0.2) is 0 Å². The van der Waals surface area contributed by atoms with Crippen LogP contribution in [0, 0.1) is 0 Å². The molecule has 0 radical (unpaired) electrons. The lowest BCUT2D eigenvalue weighted by atomic mass is 10.2. The standard InChI is InChI=1S/C5H11I2N/c1-3-4-5(2)8(6)7/h5H,3-4H2,1-2H3. The molecule has 0 aliphatic carbocycles. The van der Waals surface area contributed by atoms with Gasteiger partial charge in [0, 0.05) is 51.8 Å². The van der Waals surface area contributed by atoms with Crippen LogP contribution in [0.15, 0.2) is 0 Å². The maximum Gasteiger partial charge on any atom is 0.0311 e. The fraction of sp³-hybridized carbons (Fsp3) is 1.00. The molecule has 0 aromatic carbocycles.